The third kappa shape index (κ3) is 3.32. The van der Waals surface area contributed by atoms with Crippen LogP contribution in [0.1, 0.15) is 42.4 Å². The van der Waals surface area contributed by atoms with E-state index in [0.29, 0.717) is 43.0 Å². The van der Waals surface area contributed by atoms with E-state index in [2.05, 4.69) is 16.1 Å². The minimum Gasteiger partial charge on any atom is -0.456 e. The van der Waals surface area contributed by atoms with Crippen molar-refractivity contribution in [2.75, 3.05) is 7.05 Å². The molecule has 4 aliphatic rings. The van der Waals surface area contributed by atoms with E-state index < -0.39 is 24.2 Å². The molecule has 2 aromatic rings. The standard InChI is InChI=1S/C24H22F3N5O2/c1-31-29-22(28-30-31)13-6-9-18-20(12-13)34-19-5-3-2-4-17(19)21(18)14-10-15-7-8-16(11-14)32(15)23(33)24(25,26)27/h2-6,9,12,15-16,30H,7-8,10-11H2,1H3,(H,28,29). The van der Waals surface area contributed by atoms with Crippen LogP contribution in [0.15, 0.2) is 53.1 Å². The maximum atomic E-state index is 13.2. The van der Waals surface area contributed by atoms with Crippen molar-refractivity contribution in [3.05, 3.63) is 64.7 Å². The number of amides is 1. The number of amidine groups is 1. The highest BCUT2D eigenvalue weighted by molar-refractivity contribution is 6.00. The molecule has 2 atom stereocenters. The molecule has 2 bridgehead atoms. The zero-order valence-corrected chi connectivity index (χ0v) is 18.3. The van der Waals surface area contributed by atoms with Gasteiger partial charge < -0.3 is 9.64 Å². The zero-order chi connectivity index (χ0) is 23.6. The number of fused-ring (bicyclic) bond motifs is 4. The molecule has 6 rings (SSSR count). The summed E-state index contributed by atoms with van der Waals surface area (Å²) in [4.78, 5) is 13.2. The lowest BCUT2D eigenvalue weighted by Gasteiger charge is -2.38. The van der Waals surface area contributed by atoms with Gasteiger partial charge in [-0.2, -0.15) is 13.2 Å². The lowest BCUT2D eigenvalue weighted by molar-refractivity contribution is -0.189. The summed E-state index contributed by atoms with van der Waals surface area (Å²) in [6, 6.07) is 12.6. The maximum Gasteiger partial charge on any atom is 0.471 e. The van der Waals surface area contributed by atoms with Crippen molar-refractivity contribution in [2.24, 2.45) is 5.10 Å². The van der Waals surface area contributed by atoms with E-state index in [1.54, 1.807) is 12.2 Å². The van der Waals surface area contributed by atoms with Crippen molar-refractivity contribution in [1.29, 1.82) is 0 Å². The lowest BCUT2D eigenvalue weighted by Crippen LogP contribution is -2.50. The molecular weight excluding hydrogens is 447 g/mol. The molecule has 2 fully saturated rings. The number of carbonyl (C=O) groups is 1. The van der Waals surface area contributed by atoms with Gasteiger partial charge in [-0.05, 0) is 49.5 Å². The van der Waals surface area contributed by atoms with Crippen LogP contribution in [-0.2, 0) is 4.79 Å². The number of rotatable bonds is 1. The van der Waals surface area contributed by atoms with Crippen molar-refractivity contribution in [2.45, 2.75) is 43.9 Å². The van der Waals surface area contributed by atoms with Crippen molar-refractivity contribution in [3.63, 3.8) is 0 Å². The van der Waals surface area contributed by atoms with Gasteiger partial charge in [0.1, 0.15) is 11.5 Å². The first-order chi connectivity index (χ1) is 16.3. The molecule has 2 N–H and O–H groups in total. The zero-order valence-electron chi connectivity index (χ0n) is 18.3. The van der Waals surface area contributed by atoms with Crippen LogP contribution < -0.4 is 15.7 Å². The smallest absolute Gasteiger partial charge is 0.456 e. The second-order valence-electron chi connectivity index (χ2n) is 9.02. The fourth-order valence-electron chi connectivity index (χ4n) is 5.53. The van der Waals surface area contributed by atoms with Crippen molar-refractivity contribution < 1.29 is 22.7 Å². The summed E-state index contributed by atoms with van der Waals surface area (Å²) in [6.45, 7) is 0. The van der Waals surface area contributed by atoms with E-state index >= 15 is 0 Å². The Hall–Kier alpha value is -3.53. The second-order valence-corrected chi connectivity index (χ2v) is 9.02. The van der Waals surface area contributed by atoms with Crippen LogP contribution in [-0.4, -0.2) is 47.1 Å². The minimum atomic E-state index is -4.85. The Morgan fingerprint density at radius 1 is 1.06 bits per heavy atom. The minimum absolute atomic E-state index is 0.423. The summed E-state index contributed by atoms with van der Waals surface area (Å²) in [5.41, 5.74) is 10.6. The number of benzene rings is 2. The molecule has 1 amide bonds. The number of hydrogen-bond donors (Lipinski definition) is 2. The molecule has 176 valence electrons. The molecule has 7 nitrogen and oxygen atoms in total. The molecule has 0 aliphatic carbocycles. The molecule has 0 saturated carbocycles. The van der Waals surface area contributed by atoms with Crippen LogP contribution in [0, 0.1) is 0 Å². The molecule has 34 heavy (non-hydrogen) atoms. The molecular formula is C24H22F3N5O2. The lowest BCUT2D eigenvalue weighted by atomic mass is 9.83. The number of alkyl halides is 3. The normalized spacial score (nSPS) is 23.5. The van der Waals surface area contributed by atoms with Gasteiger partial charge in [-0.15, -0.1) is 10.2 Å². The second kappa shape index (κ2) is 7.49. The average Bonchev–Trinajstić information content (AvgIpc) is 3.35. The maximum absolute atomic E-state index is 13.2. The topological polar surface area (TPSA) is 69.2 Å². The third-order valence-corrected chi connectivity index (χ3v) is 6.90. The molecule has 0 radical (unpaired) electrons. The van der Waals surface area contributed by atoms with Crippen LogP contribution in [0.4, 0.5) is 13.2 Å². The molecule has 0 aromatic heterocycles. The van der Waals surface area contributed by atoms with Crippen molar-refractivity contribution >= 4 is 17.3 Å². The van der Waals surface area contributed by atoms with E-state index in [4.69, 9.17) is 4.74 Å². The Morgan fingerprint density at radius 2 is 1.76 bits per heavy atom. The van der Waals surface area contributed by atoms with Gasteiger partial charge in [-0.25, -0.2) is 5.53 Å². The molecule has 2 saturated heterocycles. The molecule has 2 unspecified atom stereocenters. The number of hydrogen-bond acceptors (Lipinski definition) is 6. The number of nitrogens with one attached hydrogen (secondary N) is 2. The number of halogens is 3. The van der Waals surface area contributed by atoms with E-state index in [1.165, 1.54) is 0 Å². The molecule has 2 aromatic carbocycles. The van der Waals surface area contributed by atoms with Gasteiger partial charge in [0.05, 0.1) is 0 Å². The Bertz CT molecular complexity index is 1240. The Labute approximate surface area is 193 Å². The van der Waals surface area contributed by atoms with E-state index in [9.17, 15) is 18.0 Å². The van der Waals surface area contributed by atoms with E-state index in [0.717, 1.165) is 32.7 Å². The van der Waals surface area contributed by atoms with Crippen LogP contribution >= 0.6 is 0 Å². The first kappa shape index (κ1) is 21.0. The van der Waals surface area contributed by atoms with Crippen LogP contribution in [0.5, 0.6) is 11.5 Å². The summed E-state index contributed by atoms with van der Waals surface area (Å²) < 4.78 is 45.8. The largest absolute Gasteiger partial charge is 0.471 e. The number of para-hydroxylation sites is 1. The summed E-state index contributed by atoms with van der Waals surface area (Å²) >= 11 is 0. The van der Waals surface area contributed by atoms with E-state index in [1.807, 2.05) is 42.5 Å². The number of ether oxygens (including phenoxy) is 1. The van der Waals surface area contributed by atoms with Crippen LogP contribution in [0.25, 0.3) is 5.57 Å². The third-order valence-electron chi connectivity index (χ3n) is 6.90. The van der Waals surface area contributed by atoms with Gasteiger partial charge in [0.25, 0.3) is 0 Å². The predicted octanol–water partition coefficient (Wildman–Crippen LogP) is 3.93. The summed E-state index contributed by atoms with van der Waals surface area (Å²) in [5.74, 6) is 0.301. The molecule has 10 heteroatoms. The first-order valence-corrected chi connectivity index (χ1v) is 11.2. The SMILES string of the molecule is CN1NN=C(c2ccc3c(c2)Oc2ccccc2C3=C2CC3CCC(C2)N3C(=O)C(F)(F)F)N1. The van der Waals surface area contributed by atoms with Gasteiger partial charge in [0.2, 0.25) is 0 Å². The van der Waals surface area contributed by atoms with Crippen LogP contribution in [0.2, 0.25) is 0 Å². The highest BCUT2D eigenvalue weighted by Crippen LogP contribution is 2.50. The van der Waals surface area contributed by atoms with Crippen molar-refractivity contribution in [1.82, 2.24) is 21.0 Å². The fourth-order valence-corrected chi connectivity index (χ4v) is 5.53. The summed E-state index contributed by atoms with van der Waals surface area (Å²) in [7, 11) is 1.80. The highest BCUT2D eigenvalue weighted by atomic mass is 19.4. The Balaban J connectivity index is 1.42. The highest BCUT2D eigenvalue weighted by Gasteiger charge is 2.51. The quantitative estimate of drug-likeness (QED) is 0.566. The van der Waals surface area contributed by atoms with Crippen LogP contribution in [0.3, 0.4) is 0 Å². The molecule has 4 aliphatic heterocycles. The van der Waals surface area contributed by atoms with Gasteiger partial charge in [-0.1, -0.05) is 29.8 Å². The predicted molar refractivity (Wildman–Crippen MR) is 118 cm³/mol. The number of piperidine rings is 1. The molecule has 0 spiro atoms. The van der Waals surface area contributed by atoms with Gasteiger partial charge in [-0.3, -0.25) is 10.2 Å². The summed E-state index contributed by atoms with van der Waals surface area (Å²) in [5, 5.41) is 5.88. The number of hydrazine groups is 2. The number of hydrazone groups is 1. The monoisotopic (exact) mass is 469 g/mol. The average molecular weight is 469 g/mol. The first-order valence-electron chi connectivity index (χ1n) is 11.2. The van der Waals surface area contributed by atoms with Gasteiger partial charge >= 0.3 is 12.1 Å². The summed E-state index contributed by atoms with van der Waals surface area (Å²) in [6.07, 6.45) is -2.84. The van der Waals surface area contributed by atoms with Gasteiger partial charge in [0, 0.05) is 35.8 Å². The Kier molecular flexibility index (Phi) is 4.63. The number of carbonyl (C=O) groups excluding carboxylic acids is 1. The van der Waals surface area contributed by atoms with Crippen molar-refractivity contribution in [3.8, 4) is 11.5 Å². The molecule has 4 heterocycles. The van der Waals surface area contributed by atoms with Gasteiger partial charge in [0.15, 0.2) is 5.84 Å². The number of nitrogens with zero attached hydrogens (tertiary/aromatic N) is 3. The Morgan fingerprint density at radius 3 is 2.44 bits per heavy atom. The van der Waals surface area contributed by atoms with E-state index in [-0.39, 0.29) is 0 Å². The fraction of sp³-hybridized carbons (Fsp3) is 0.333.